The summed E-state index contributed by atoms with van der Waals surface area (Å²) >= 11 is 0. The third kappa shape index (κ3) is 4.59. The Kier molecular flexibility index (Phi) is 5.61. The van der Waals surface area contributed by atoms with Gasteiger partial charge in [0.15, 0.2) is 11.2 Å². The van der Waals surface area contributed by atoms with Crippen molar-refractivity contribution in [1.29, 1.82) is 0 Å². The Morgan fingerprint density at radius 1 is 1.03 bits per heavy atom. The van der Waals surface area contributed by atoms with Gasteiger partial charge in [0.2, 0.25) is 5.91 Å². The van der Waals surface area contributed by atoms with Gasteiger partial charge in [0.05, 0.1) is 11.6 Å². The second kappa shape index (κ2) is 8.37. The van der Waals surface area contributed by atoms with Crippen LogP contribution in [0.25, 0.3) is 21.7 Å². The predicted octanol–water partition coefficient (Wildman–Crippen LogP) is 4.93. The third-order valence-corrected chi connectivity index (χ3v) is 5.15. The highest BCUT2D eigenvalue weighted by Crippen LogP contribution is 2.29. The number of pyridine rings is 1. The van der Waals surface area contributed by atoms with Crippen molar-refractivity contribution in [3.63, 3.8) is 0 Å². The normalized spacial score (nSPS) is 12.6. The molecule has 8 heteroatoms. The maximum atomic E-state index is 12.8. The molecule has 0 aliphatic rings. The van der Waals surface area contributed by atoms with Gasteiger partial charge < -0.3 is 14.6 Å². The molecule has 1 N–H and O–H groups in total. The van der Waals surface area contributed by atoms with E-state index in [2.05, 4.69) is 10.1 Å². The standard InChI is InChI=1S/C24H19F3N2O3/c1-15(17-10-9-16-5-2-3-6-18(16)13-17)28-22(31)14-29-12-11-20(30)19-7-4-8-21(23(19)29)32-24(25,26)27/h2-13,15H,14H2,1H3,(H,28,31). The van der Waals surface area contributed by atoms with E-state index in [9.17, 15) is 22.8 Å². The van der Waals surface area contributed by atoms with Crippen LogP contribution in [0, 0.1) is 0 Å². The van der Waals surface area contributed by atoms with E-state index in [0.29, 0.717) is 0 Å². The molecular weight excluding hydrogens is 421 g/mol. The van der Waals surface area contributed by atoms with Gasteiger partial charge in [-0.25, -0.2) is 0 Å². The average Bonchev–Trinajstić information content (AvgIpc) is 2.74. The number of nitrogens with one attached hydrogen (secondary N) is 1. The molecule has 1 heterocycles. The highest BCUT2D eigenvalue weighted by Gasteiger charge is 2.32. The van der Waals surface area contributed by atoms with E-state index in [4.69, 9.17) is 0 Å². The van der Waals surface area contributed by atoms with Crippen LogP contribution in [-0.4, -0.2) is 16.8 Å². The van der Waals surface area contributed by atoms with Crippen LogP contribution in [0.1, 0.15) is 18.5 Å². The predicted molar refractivity (Wildman–Crippen MR) is 115 cm³/mol. The van der Waals surface area contributed by atoms with E-state index in [1.165, 1.54) is 29.0 Å². The minimum absolute atomic E-state index is 0.0321. The van der Waals surface area contributed by atoms with Gasteiger partial charge >= 0.3 is 6.36 Å². The van der Waals surface area contributed by atoms with Crippen molar-refractivity contribution < 1.29 is 22.7 Å². The number of hydrogen-bond acceptors (Lipinski definition) is 3. The topological polar surface area (TPSA) is 60.3 Å². The molecule has 0 fully saturated rings. The zero-order chi connectivity index (χ0) is 22.9. The summed E-state index contributed by atoms with van der Waals surface area (Å²) < 4.78 is 43.9. The van der Waals surface area contributed by atoms with Crippen LogP contribution in [0.4, 0.5) is 13.2 Å². The molecule has 0 radical (unpaired) electrons. The van der Waals surface area contributed by atoms with Crippen LogP contribution < -0.4 is 15.5 Å². The van der Waals surface area contributed by atoms with Crippen molar-refractivity contribution in [2.24, 2.45) is 0 Å². The molecule has 0 aliphatic carbocycles. The van der Waals surface area contributed by atoms with Gasteiger partial charge in [0.25, 0.3) is 0 Å². The number of halogens is 3. The molecule has 1 amide bonds. The van der Waals surface area contributed by atoms with Gasteiger partial charge in [-0.1, -0.05) is 42.5 Å². The van der Waals surface area contributed by atoms with Crippen LogP contribution in [0.3, 0.4) is 0 Å². The molecule has 164 valence electrons. The molecule has 0 saturated carbocycles. The fourth-order valence-electron chi connectivity index (χ4n) is 3.68. The fourth-order valence-corrected chi connectivity index (χ4v) is 3.68. The zero-order valence-corrected chi connectivity index (χ0v) is 17.0. The number of rotatable bonds is 5. The van der Waals surface area contributed by atoms with Gasteiger partial charge in [0.1, 0.15) is 6.54 Å². The van der Waals surface area contributed by atoms with Crippen LogP contribution in [0.2, 0.25) is 0 Å². The number of alkyl halides is 3. The fraction of sp³-hybridized carbons (Fsp3) is 0.167. The molecule has 0 bridgehead atoms. The Morgan fingerprint density at radius 3 is 2.53 bits per heavy atom. The smallest absolute Gasteiger partial charge is 0.404 e. The molecule has 32 heavy (non-hydrogen) atoms. The first-order valence-electron chi connectivity index (χ1n) is 9.87. The van der Waals surface area contributed by atoms with Crippen molar-refractivity contribution in [2.45, 2.75) is 25.9 Å². The molecule has 1 aromatic heterocycles. The van der Waals surface area contributed by atoms with E-state index in [1.54, 1.807) is 0 Å². The number of para-hydroxylation sites is 1. The number of carbonyl (C=O) groups excluding carboxylic acids is 1. The van der Waals surface area contributed by atoms with Gasteiger partial charge in [-0.15, -0.1) is 13.2 Å². The third-order valence-electron chi connectivity index (χ3n) is 5.15. The van der Waals surface area contributed by atoms with Crippen molar-refractivity contribution in [3.8, 4) is 5.75 Å². The van der Waals surface area contributed by atoms with Crippen molar-refractivity contribution in [1.82, 2.24) is 9.88 Å². The molecule has 1 atom stereocenters. The maximum absolute atomic E-state index is 12.8. The van der Waals surface area contributed by atoms with E-state index < -0.39 is 23.4 Å². The summed E-state index contributed by atoms with van der Waals surface area (Å²) in [6, 6.07) is 18.4. The molecule has 5 nitrogen and oxygen atoms in total. The van der Waals surface area contributed by atoms with E-state index >= 15 is 0 Å². The minimum Gasteiger partial charge on any atom is -0.404 e. The number of aromatic nitrogens is 1. The summed E-state index contributed by atoms with van der Waals surface area (Å²) in [5.41, 5.74) is 0.336. The maximum Gasteiger partial charge on any atom is 0.573 e. The lowest BCUT2D eigenvalue weighted by molar-refractivity contribution is -0.274. The first-order valence-corrected chi connectivity index (χ1v) is 9.87. The lowest BCUT2D eigenvalue weighted by Crippen LogP contribution is -2.30. The molecule has 1 unspecified atom stereocenters. The first kappa shape index (κ1) is 21.4. The average molecular weight is 440 g/mol. The van der Waals surface area contributed by atoms with Gasteiger partial charge in [0, 0.05) is 17.6 Å². The number of carbonyl (C=O) groups is 1. The lowest BCUT2D eigenvalue weighted by Gasteiger charge is -2.18. The Bertz CT molecular complexity index is 1360. The summed E-state index contributed by atoms with van der Waals surface area (Å²) in [5.74, 6) is -0.958. The summed E-state index contributed by atoms with van der Waals surface area (Å²) in [6.45, 7) is 1.54. The number of fused-ring (bicyclic) bond motifs is 2. The largest absolute Gasteiger partial charge is 0.573 e. The number of benzene rings is 3. The van der Waals surface area contributed by atoms with Crippen LogP contribution >= 0.6 is 0 Å². The van der Waals surface area contributed by atoms with Crippen molar-refractivity contribution in [2.75, 3.05) is 0 Å². The molecule has 4 aromatic rings. The highest BCUT2D eigenvalue weighted by atomic mass is 19.4. The minimum atomic E-state index is -4.93. The summed E-state index contributed by atoms with van der Waals surface area (Å²) in [7, 11) is 0. The summed E-state index contributed by atoms with van der Waals surface area (Å²) in [6.07, 6.45) is -3.65. The molecule has 0 spiro atoms. The van der Waals surface area contributed by atoms with Crippen molar-refractivity contribution >= 4 is 27.6 Å². The van der Waals surface area contributed by atoms with E-state index in [-0.39, 0.29) is 23.5 Å². The molecule has 0 saturated heterocycles. The van der Waals surface area contributed by atoms with Gasteiger partial charge in [-0.2, -0.15) is 0 Å². The lowest BCUT2D eigenvalue weighted by atomic mass is 10.0. The van der Waals surface area contributed by atoms with Gasteiger partial charge in [-0.3, -0.25) is 9.59 Å². The Morgan fingerprint density at radius 2 is 1.78 bits per heavy atom. The van der Waals surface area contributed by atoms with Crippen molar-refractivity contribution in [3.05, 3.63) is 88.7 Å². The van der Waals surface area contributed by atoms with Crippen LogP contribution in [0.5, 0.6) is 5.75 Å². The highest BCUT2D eigenvalue weighted by molar-refractivity contribution is 5.87. The first-order chi connectivity index (χ1) is 15.2. The van der Waals surface area contributed by atoms with Crippen LogP contribution in [0.15, 0.2) is 77.7 Å². The molecule has 0 aliphatic heterocycles. The second-order valence-corrected chi connectivity index (χ2v) is 7.40. The zero-order valence-electron chi connectivity index (χ0n) is 17.0. The SMILES string of the molecule is CC(NC(=O)Cn1ccc(=O)c2cccc(OC(F)(F)F)c21)c1ccc2ccccc2c1. The molecule has 3 aromatic carbocycles. The number of amides is 1. The Balaban J connectivity index is 1.60. The Hall–Kier alpha value is -3.81. The van der Waals surface area contributed by atoms with Crippen LogP contribution in [-0.2, 0) is 11.3 Å². The molecular formula is C24H19F3N2O3. The quantitative estimate of drug-likeness (QED) is 0.479. The number of ether oxygens (including phenoxy) is 1. The number of nitrogens with zero attached hydrogens (tertiary/aromatic N) is 1. The monoisotopic (exact) mass is 440 g/mol. The molecule has 4 rings (SSSR count). The second-order valence-electron chi connectivity index (χ2n) is 7.40. The van der Waals surface area contributed by atoms with E-state index in [1.807, 2.05) is 49.4 Å². The summed E-state index contributed by atoms with van der Waals surface area (Å²) in [4.78, 5) is 24.9. The van der Waals surface area contributed by atoms with E-state index in [0.717, 1.165) is 22.4 Å². The summed E-state index contributed by atoms with van der Waals surface area (Å²) in [5, 5.41) is 5.00. The Labute approximate surface area is 181 Å². The number of hydrogen-bond donors (Lipinski definition) is 1. The van der Waals surface area contributed by atoms with Gasteiger partial charge in [-0.05, 0) is 41.5 Å².